The maximum Gasteiger partial charge on any atom is 0.110 e. The summed E-state index contributed by atoms with van der Waals surface area (Å²) in [7, 11) is 0. The molecule has 0 spiro atoms. The molecule has 1 fully saturated rings. The predicted octanol–water partition coefficient (Wildman–Crippen LogP) is 4.07. The van der Waals surface area contributed by atoms with E-state index in [9.17, 15) is 0 Å². The van der Waals surface area contributed by atoms with Crippen molar-refractivity contribution < 1.29 is 0 Å². The Hall–Kier alpha value is -0.410. The van der Waals surface area contributed by atoms with Gasteiger partial charge in [-0.25, -0.2) is 4.98 Å². The number of aryl methyl sites for hydroxylation is 1. The van der Waals surface area contributed by atoms with Gasteiger partial charge in [-0.1, -0.05) is 13.8 Å². The standard InChI is InChI=1S/C14H24N2S/c1-10-9-17-13(15-10)11(2)16-12-5-7-14(3,4)8-6-12/h9,11-12,16H,5-8H2,1-4H3. The summed E-state index contributed by atoms with van der Waals surface area (Å²) in [6.45, 7) is 9.07. The zero-order chi connectivity index (χ0) is 12.5. The fourth-order valence-electron chi connectivity index (χ4n) is 2.56. The molecule has 1 atom stereocenters. The van der Waals surface area contributed by atoms with Crippen molar-refractivity contribution in [2.75, 3.05) is 0 Å². The van der Waals surface area contributed by atoms with E-state index in [4.69, 9.17) is 0 Å². The molecule has 1 saturated carbocycles. The minimum atomic E-state index is 0.403. The van der Waals surface area contributed by atoms with Crippen LogP contribution in [0, 0.1) is 12.3 Å². The molecule has 0 aliphatic heterocycles. The highest BCUT2D eigenvalue weighted by Gasteiger charge is 2.27. The second-order valence-electron chi connectivity index (χ2n) is 6.15. The van der Waals surface area contributed by atoms with Gasteiger partial charge in [-0.15, -0.1) is 11.3 Å². The first-order valence-electron chi connectivity index (χ1n) is 6.64. The number of thiazole rings is 1. The number of rotatable bonds is 3. The average molecular weight is 252 g/mol. The molecule has 1 unspecified atom stereocenters. The van der Waals surface area contributed by atoms with Gasteiger partial charge in [0.1, 0.15) is 5.01 Å². The van der Waals surface area contributed by atoms with Gasteiger partial charge >= 0.3 is 0 Å². The van der Waals surface area contributed by atoms with Gasteiger partial charge in [0, 0.05) is 17.1 Å². The number of hydrogen-bond acceptors (Lipinski definition) is 3. The van der Waals surface area contributed by atoms with Crippen molar-refractivity contribution in [2.45, 2.75) is 65.5 Å². The average Bonchev–Trinajstić information content (AvgIpc) is 2.68. The smallest absolute Gasteiger partial charge is 0.110 e. The van der Waals surface area contributed by atoms with Crippen molar-refractivity contribution in [1.29, 1.82) is 0 Å². The first kappa shape index (κ1) is 13.0. The number of nitrogens with one attached hydrogen (secondary N) is 1. The van der Waals surface area contributed by atoms with Crippen molar-refractivity contribution in [3.05, 3.63) is 16.1 Å². The summed E-state index contributed by atoms with van der Waals surface area (Å²) in [5.74, 6) is 0. The van der Waals surface area contributed by atoms with Crippen LogP contribution >= 0.6 is 11.3 Å². The van der Waals surface area contributed by atoms with Crippen LogP contribution in [0.5, 0.6) is 0 Å². The molecule has 0 radical (unpaired) electrons. The van der Waals surface area contributed by atoms with Crippen LogP contribution in [0.2, 0.25) is 0 Å². The van der Waals surface area contributed by atoms with E-state index in [1.54, 1.807) is 11.3 Å². The monoisotopic (exact) mass is 252 g/mol. The second kappa shape index (κ2) is 5.07. The molecule has 1 aromatic heterocycles. The SMILES string of the molecule is Cc1csc(C(C)NC2CCC(C)(C)CC2)n1. The van der Waals surface area contributed by atoms with E-state index in [1.807, 2.05) is 0 Å². The van der Waals surface area contributed by atoms with Gasteiger partial charge in [0.2, 0.25) is 0 Å². The van der Waals surface area contributed by atoms with Crippen LogP contribution in [0.3, 0.4) is 0 Å². The van der Waals surface area contributed by atoms with Crippen LogP contribution < -0.4 is 5.32 Å². The molecular formula is C14H24N2S. The normalized spacial score (nSPS) is 22.6. The fourth-order valence-corrected chi connectivity index (χ4v) is 3.37. The first-order valence-corrected chi connectivity index (χ1v) is 7.52. The van der Waals surface area contributed by atoms with Gasteiger partial charge in [-0.3, -0.25) is 0 Å². The highest BCUT2D eigenvalue weighted by molar-refractivity contribution is 7.09. The molecule has 96 valence electrons. The molecule has 17 heavy (non-hydrogen) atoms. The van der Waals surface area contributed by atoms with E-state index in [0.29, 0.717) is 17.5 Å². The molecule has 2 nitrogen and oxygen atoms in total. The van der Waals surface area contributed by atoms with Crippen LogP contribution in [0.4, 0.5) is 0 Å². The maximum atomic E-state index is 4.56. The molecule has 3 heteroatoms. The molecule has 2 rings (SSSR count). The van der Waals surface area contributed by atoms with Crippen LogP contribution in [0.1, 0.15) is 63.2 Å². The summed E-state index contributed by atoms with van der Waals surface area (Å²) in [5, 5.41) is 7.10. The Kier molecular flexibility index (Phi) is 3.88. The topological polar surface area (TPSA) is 24.9 Å². The third kappa shape index (κ3) is 3.52. The molecule has 0 bridgehead atoms. The number of nitrogens with zero attached hydrogens (tertiary/aromatic N) is 1. The van der Waals surface area contributed by atoms with Crippen molar-refractivity contribution in [3.63, 3.8) is 0 Å². The Morgan fingerprint density at radius 3 is 2.59 bits per heavy atom. The lowest BCUT2D eigenvalue weighted by atomic mass is 9.75. The van der Waals surface area contributed by atoms with Crippen molar-refractivity contribution in [1.82, 2.24) is 10.3 Å². The Morgan fingerprint density at radius 1 is 1.41 bits per heavy atom. The maximum absolute atomic E-state index is 4.56. The molecule has 1 N–H and O–H groups in total. The summed E-state index contributed by atoms with van der Waals surface area (Å²) < 4.78 is 0. The van der Waals surface area contributed by atoms with Crippen LogP contribution in [-0.4, -0.2) is 11.0 Å². The van der Waals surface area contributed by atoms with E-state index in [0.717, 1.165) is 5.69 Å². The van der Waals surface area contributed by atoms with Crippen LogP contribution in [0.15, 0.2) is 5.38 Å². The molecule has 0 amide bonds. The Bertz CT molecular complexity index is 360. The van der Waals surface area contributed by atoms with E-state index in [-0.39, 0.29) is 0 Å². The van der Waals surface area contributed by atoms with Gasteiger partial charge in [-0.2, -0.15) is 0 Å². The summed E-state index contributed by atoms with van der Waals surface area (Å²) in [6.07, 6.45) is 5.30. The quantitative estimate of drug-likeness (QED) is 0.877. The summed E-state index contributed by atoms with van der Waals surface area (Å²) in [4.78, 5) is 4.56. The lowest BCUT2D eigenvalue weighted by Crippen LogP contribution is -2.36. The van der Waals surface area contributed by atoms with Crippen molar-refractivity contribution in [3.8, 4) is 0 Å². The minimum Gasteiger partial charge on any atom is -0.305 e. The summed E-state index contributed by atoms with van der Waals surface area (Å²) in [6, 6.07) is 1.09. The van der Waals surface area contributed by atoms with Gasteiger partial charge in [0.25, 0.3) is 0 Å². The summed E-state index contributed by atoms with van der Waals surface area (Å²) in [5.41, 5.74) is 1.70. The Balaban J connectivity index is 1.86. The van der Waals surface area contributed by atoms with E-state index in [1.165, 1.54) is 30.7 Å². The molecule has 1 heterocycles. The first-order chi connectivity index (χ1) is 7.96. The molecule has 1 aromatic rings. The zero-order valence-corrected chi connectivity index (χ0v) is 12.2. The van der Waals surface area contributed by atoms with E-state index in [2.05, 4.69) is 43.4 Å². The van der Waals surface area contributed by atoms with Gasteiger partial charge in [0.15, 0.2) is 0 Å². The highest BCUT2D eigenvalue weighted by Crippen LogP contribution is 2.35. The third-order valence-corrected chi connectivity index (χ3v) is 4.98. The fraction of sp³-hybridized carbons (Fsp3) is 0.786. The molecular weight excluding hydrogens is 228 g/mol. The number of aromatic nitrogens is 1. The van der Waals surface area contributed by atoms with E-state index < -0.39 is 0 Å². The molecule has 0 saturated heterocycles. The van der Waals surface area contributed by atoms with Crippen LogP contribution in [0.25, 0.3) is 0 Å². The lowest BCUT2D eigenvalue weighted by molar-refractivity contribution is 0.200. The summed E-state index contributed by atoms with van der Waals surface area (Å²) >= 11 is 1.77. The van der Waals surface area contributed by atoms with Gasteiger partial charge in [0.05, 0.1) is 6.04 Å². The van der Waals surface area contributed by atoms with E-state index >= 15 is 0 Å². The van der Waals surface area contributed by atoms with Crippen LogP contribution in [-0.2, 0) is 0 Å². The Morgan fingerprint density at radius 2 is 2.06 bits per heavy atom. The van der Waals surface area contributed by atoms with Gasteiger partial charge < -0.3 is 5.32 Å². The van der Waals surface area contributed by atoms with Crippen molar-refractivity contribution in [2.24, 2.45) is 5.41 Å². The minimum absolute atomic E-state index is 0.403. The van der Waals surface area contributed by atoms with Crippen molar-refractivity contribution >= 4 is 11.3 Å². The highest BCUT2D eigenvalue weighted by atomic mass is 32.1. The molecule has 1 aliphatic carbocycles. The molecule has 0 aromatic carbocycles. The molecule has 1 aliphatic rings. The van der Waals surface area contributed by atoms with Gasteiger partial charge in [-0.05, 0) is 44.9 Å². The zero-order valence-electron chi connectivity index (χ0n) is 11.4. The lowest BCUT2D eigenvalue weighted by Gasteiger charge is -2.35. The predicted molar refractivity (Wildman–Crippen MR) is 74.4 cm³/mol. The largest absolute Gasteiger partial charge is 0.305 e. The second-order valence-corrected chi connectivity index (χ2v) is 7.04. The third-order valence-electron chi connectivity index (χ3n) is 3.83. The number of hydrogen-bond donors (Lipinski definition) is 1. The Labute approximate surface area is 109 Å².